The Kier molecular flexibility index (Phi) is 5.84. The molecular formula is C24H28N2O3. The summed E-state index contributed by atoms with van der Waals surface area (Å²) in [6.07, 6.45) is 3.43. The molecule has 2 aromatic carbocycles. The summed E-state index contributed by atoms with van der Waals surface area (Å²) >= 11 is 0. The van der Waals surface area contributed by atoms with Gasteiger partial charge in [-0.05, 0) is 42.9 Å². The highest BCUT2D eigenvalue weighted by molar-refractivity contribution is 6.00. The van der Waals surface area contributed by atoms with Gasteiger partial charge in [0.15, 0.2) is 0 Å². The fraction of sp³-hybridized carbons (Fsp3) is 0.417. The average Bonchev–Trinajstić information content (AvgIpc) is 3.16. The second-order valence-corrected chi connectivity index (χ2v) is 8.07. The summed E-state index contributed by atoms with van der Waals surface area (Å²) in [5, 5.41) is 0. The van der Waals surface area contributed by atoms with E-state index in [9.17, 15) is 9.59 Å². The van der Waals surface area contributed by atoms with Crippen LogP contribution < -0.4 is 9.64 Å². The van der Waals surface area contributed by atoms with Crippen LogP contribution in [0.2, 0.25) is 0 Å². The number of piperidine rings is 1. The molecule has 5 nitrogen and oxygen atoms in total. The molecule has 0 bridgehead atoms. The highest BCUT2D eigenvalue weighted by Crippen LogP contribution is 2.30. The van der Waals surface area contributed by atoms with Crippen molar-refractivity contribution in [1.29, 1.82) is 0 Å². The Hall–Kier alpha value is -2.82. The molecule has 2 fully saturated rings. The maximum Gasteiger partial charge on any atom is 0.228 e. The van der Waals surface area contributed by atoms with Crippen molar-refractivity contribution in [3.05, 3.63) is 60.2 Å². The molecule has 0 saturated carbocycles. The van der Waals surface area contributed by atoms with Crippen molar-refractivity contribution >= 4 is 17.5 Å². The number of nitrogens with zero attached hydrogens (tertiary/aromatic N) is 2. The molecule has 2 saturated heterocycles. The van der Waals surface area contributed by atoms with Crippen LogP contribution in [-0.4, -0.2) is 43.5 Å². The molecule has 2 amide bonds. The number of hydrogen-bond donors (Lipinski definition) is 0. The first kappa shape index (κ1) is 19.5. The van der Waals surface area contributed by atoms with E-state index in [1.54, 1.807) is 12.0 Å². The summed E-state index contributed by atoms with van der Waals surface area (Å²) in [6.45, 7) is 2.04. The van der Waals surface area contributed by atoms with Crippen LogP contribution in [-0.2, 0) is 16.0 Å². The first-order chi connectivity index (χ1) is 14.1. The molecule has 2 aromatic rings. The number of hydrogen-bond acceptors (Lipinski definition) is 3. The standard InChI is InChI=1S/C24H28N2O3/c1-29-22-9-5-8-21(16-22)26-17-20(15-23(26)27)24(28)25-12-10-19(11-13-25)14-18-6-3-2-4-7-18/h2-9,16,19-20H,10-15,17H2,1H3. The van der Waals surface area contributed by atoms with Crippen LogP contribution in [0.3, 0.4) is 0 Å². The topological polar surface area (TPSA) is 49.9 Å². The fourth-order valence-electron chi connectivity index (χ4n) is 4.46. The van der Waals surface area contributed by atoms with E-state index < -0.39 is 0 Å². The van der Waals surface area contributed by atoms with Gasteiger partial charge in [-0.15, -0.1) is 0 Å². The molecule has 2 aliphatic heterocycles. The number of rotatable bonds is 5. The third-order valence-electron chi connectivity index (χ3n) is 6.13. The quantitative estimate of drug-likeness (QED) is 0.782. The molecule has 0 radical (unpaired) electrons. The van der Waals surface area contributed by atoms with E-state index in [-0.39, 0.29) is 17.7 Å². The number of benzene rings is 2. The van der Waals surface area contributed by atoms with Gasteiger partial charge >= 0.3 is 0 Å². The molecule has 5 heteroatoms. The van der Waals surface area contributed by atoms with E-state index in [0.29, 0.717) is 24.6 Å². The minimum atomic E-state index is -0.251. The number of carbonyl (C=O) groups is 2. The van der Waals surface area contributed by atoms with Crippen LogP contribution in [0.1, 0.15) is 24.8 Å². The zero-order valence-corrected chi connectivity index (χ0v) is 16.9. The number of anilines is 1. The third kappa shape index (κ3) is 4.44. The minimum Gasteiger partial charge on any atom is -0.497 e. The number of amides is 2. The maximum absolute atomic E-state index is 13.0. The summed E-state index contributed by atoms with van der Waals surface area (Å²) < 4.78 is 5.26. The minimum absolute atomic E-state index is 0.00978. The van der Waals surface area contributed by atoms with Gasteiger partial charge in [0.2, 0.25) is 11.8 Å². The molecule has 0 spiro atoms. The Morgan fingerprint density at radius 2 is 1.83 bits per heavy atom. The van der Waals surface area contributed by atoms with Gasteiger partial charge in [-0.1, -0.05) is 36.4 Å². The van der Waals surface area contributed by atoms with Gasteiger partial charge in [0.05, 0.1) is 13.0 Å². The van der Waals surface area contributed by atoms with Gasteiger partial charge in [0, 0.05) is 37.8 Å². The summed E-state index contributed by atoms with van der Waals surface area (Å²) in [5.41, 5.74) is 2.17. The van der Waals surface area contributed by atoms with E-state index in [2.05, 4.69) is 24.3 Å². The lowest BCUT2D eigenvalue weighted by Crippen LogP contribution is -2.42. The molecule has 0 aromatic heterocycles. The fourth-order valence-corrected chi connectivity index (χ4v) is 4.46. The summed E-state index contributed by atoms with van der Waals surface area (Å²) in [6, 6.07) is 18.0. The molecule has 29 heavy (non-hydrogen) atoms. The van der Waals surface area contributed by atoms with E-state index in [4.69, 9.17) is 4.74 Å². The Bertz CT molecular complexity index is 859. The van der Waals surface area contributed by atoms with Gasteiger partial charge in [-0.3, -0.25) is 9.59 Å². The van der Waals surface area contributed by atoms with Gasteiger partial charge in [0.1, 0.15) is 5.75 Å². The number of carbonyl (C=O) groups excluding carboxylic acids is 2. The van der Waals surface area contributed by atoms with Gasteiger partial charge < -0.3 is 14.5 Å². The van der Waals surface area contributed by atoms with E-state index in [1.807, 2.05) is 35.2 Å². The highest BCUT2D eigenvalue weighted by atomic mass is 16.5. The molecule has 152 valence electrons. The number of likely N-dealkylation sites (tertiary alicyclic amines) is 1. The second kappa shape index (κ2) is 8.68. The molecule has 2 aliphatic rings. The van der Waals surface area contributed by atoms with Crippen molar-refractivity contribution < 1.29 is 14.3 Å². The molecule has 0 aliphatic carbocycles. The van der Waals surface area contributed by atoms with Crippen molar-refractivity contribution in [2.24, 2.45) is 11.8 Å². The Balaban J connectivity index is 1.33. The molecule has 1 unspecified atom stereocenters. The van der Waals surface area contributed by atoms with Crippen LogP contribution in [0.5, 0.6) is 5.75 Å². The van der Waals surface area contributed by atoms with Crippen LogP contribution in [0.15, 0.2) is 54.6 Å². The summed E-state index contributed by atoms with van der Waals surface area (Å²) in [7, 11) is 1.61. The van der Waals surface area contributed by atoms with Crippen molar-refractivity contribution in [1.82, 2.24) is 4.90 Å². The van der Waals surface area contributed by atoms with Crippen molar-refractivity contribution in [3.8, 4) is 5.75 Å². The number of ether oxygens (including phenoxy) is 1. The van der Waals surface area contributed by atoms with Crippen LogP contribution >= 0.6 is 0 Å². The average molecular weight is 392 g/mol. The summed E-state index contributed by atoms with van der Waals surface area (Å²) in [5.74, 6) is 1.22. The Morgan fingerprint density at radius 3 is 2.55 bits per heavy atom. The van der Waals surface area contributed by atoms with Crippen LogP contribution in [0.25, 0.3) is 0 Å². The zero-order chi connectivity index (χ0) is 20.2. The largest absolute Gasteiger partial charge is 0.497 e. The monoisotopic (exact) mass is 392 g/mol. The first-order valence-corrected chi connectivity index (χ1v) is 10.4. The van der Waals surface area contributed by atoms with E-state index in [0.717, 1.165) is 38.0 Å². The highest BCUT2D eigenvalue weighted by Gasteiger charge is 2.38. The molecule has 4 rings (SSSR count). The van der Waals surface area contributed by atoms with Crippen molar-refractivity contribution in [2.75, 3.05) is 31.6 Å². The first-order valence-electron chi connectivity index (χ1n) is 10.4. The smallest absolute Gasteiger partial charge is 0.228 e. The third-order valence-corrected chi connectivity index (χ3v) is 6.13. The zero-order valence-electron chi connectivity index (χ0n) is 16.9. The van der Waals surface area contributed by atoms with Gasteiger partial charge in [-0.2, -0.15) is 0 Å². The van der Waals surface area contributed by atoms with Crippen LogP contribution in [0, 0.1) is 11.8 Å². The maximum atomic E-state index is 13.0. The Morgan fingerprint density at radius 1 is 1.07 bits per heavy atom. The van der Waals surface area contributed by atoms with Gasteiger partial charge in [0.25, 0.3) is 0 Å². The SMILES string of the molecule is COc1cccc(N2CC(C(=O)N3CCC(Cc4ccccc4)CC3)CC2=O)c1. The predicted molar refractivity (Wildman–Crippen MR) is 113 cm³/mol. The number of methoxy groups -OCH3 is 1. The molecule has 2 heterocycles. The lowest BCUT2D eigenvalue weighted by atomic mass is 9.89. The Labute approximate surface area is 172 Å². The molecular weight excluding hydrogens is 364 g/mol. The lowest BCUT2D eigenvalue weighted by Gasteiger charge is -2.33. The van der Waals surface area contributed by atoms with E-state index in [1.165, 1.54) is 5.56 Å². The molecule has 1 atom stereocenters. The summed E-state index contributed by atoms with van der Waals surface area (Å²) in [4.78, 5) is 29.3. The second-order valence-electron chi connectivity index (χ2n) is 8.07. The molecule has 0 N–H and O–H groups in total. The normalized spacial score (nSPS) is 20.2. The predicted octanol–water partition coefficient (Wildman–Crippen LogP) is 3.53. The van der Waals surface area contributed by atoms with Gasteiger partial charge in [-0.25, -0.2) is 0 Å². The van der Waals surface area contributed by atoms with Crippen molar-refractivity contribution in [2.45, 2.75) is 25.7 Å². The van der Waals surface area contributed by atoms with Crippen LogP contribution in [0.4, 0.5) is 5.69 Å². The van der Waals surface area contributed by atoms with Crippen molar-refractivity contribution in [3.63, 3.8) is 0 Å². The van der Waals surface area contributed by atoms with E-state index >= 15 is 0 Å². The lowest BCUT2D eigenvalue weighted by molar-refractivity contribution is -0.137.